The lowest BCUT2D eigenvalue weighted by Gasteiger charge is -2.33. The highest BCUT2D eigenvalue weighted by Gasteiger charge is 2.44. The largest absolute Gasteiger partial charge is 0.394 e. The first-order chi connectivity index (χ1) is 9.20. The quantitative estimate of drug-likeness (QED) is 0.725. The average Bonchev–Trinajstić information content (AvgIpc) is 3.26. The maximum absolute atomic E-state index is 9.82. The topological polar surface area (TPSA) is 45.1 Å². The zero-order chi connectivity index (χ0) is 13.7. The standard InChI is InChI=1S/C14H21ClN2OS/c1-2-7-17-14(9-18,11-3-4-11)10-19-13-6-5-12(15)8-16-13/h5-6,8,11,17-18H,2-4,7,9-10H2,1H3. The van der Waals surface area contributed by atoms with Gasteiger partial charge >= 0.3 is 0 Å². The number of hydrogen-bond acceptors (Lipinski definition) is 4. The molecule has 2 rings (SSSR count). The van der Waals surface area contributed by atoms with Gasteiger partial charge in [-0.1, -0.05) is 18.5 Å². The van der Waals surface area contributed by atoms with E-state index in [0.717, 1.165) is 23.7 Å². The van der Waals surface area contributed by atoms with Gasteiger partial charge in [-0.25, -0.2) is 4.98 Å². The smallest absolute Gasteiger partial charge is 0.0961 e. The van der Waals surface area contributed by atoms with E-state index >= 15 is 0 Å². The third kappa shape index (κ3) is 4.09. The van der Waals surface area contributed by atoms with Crippen molar-refractivity contribution in [3.05, 3.63) is 23.4 Å². The first-order valence-corrected chi connectivity index (χ1v) is 8.17. The van der Waals surface area contributed by atoms with E-state index in [1.807, 2.05) is 12.1 Å². The second kappa shape index (κ2) is 6.93. The van der Waals surface area contributed by atoms with Gasteiger partial charge in [-0.2, -0.15) is 0 Å². The van der Waals surface area contributed by atoms with Crippen LogP contribution in [0.25, 0.3) is 0 Å². The van der Waals surface area contributed by atoms with Crippen LogP contribution >= 0.6 is 23.4 Å². The summed E-state index contributed by atoms with van der Waals surface area (Å²) in [5.41, 5.74) is -0.151. The van der Waals surface area contributed by atoms with Crippen molar-refractivity contribution in [1.29, 1.82) is 0 Å². The van der Waals surface area contributed by atoms with Gasteiger partial charge in [0.25, 0.3) is 0 Å². The molecule has 1 aromatic heterocycles. The Morgan fingerprint density at radius 1 is 1.53 bits per heavy atom. The Morgan fingerprint density at radius 2 is 2.32 bits per heavy atom. The van der Waals surface area contributed by atoms with Crippen LogP contribution in [-0.2, 0) is 0 Å². The molecule has 1 aliphatic carbocycles. The third-order valence-electron chi connectivity index (χ3n) is 3.55. The van der Waals surface area contributed by atoms with Gasteiger partial charge in [0.2, 0.25) is 0 Å². The monoisotopic (exact) mass is 300 g/mol. The van der Waals surface area contributed by atoms with E-state index in [0.29, 0.717) is 10.9 Å². The molecule has 0 saturated heterocycles. The number of nitrogens with one attached hydrogen (secondary N) is 1. The molecule has 0 aliphatic heterocycles. The fourth-order valence-corrected chi connectivity index (χ4v) is 3.44. The molecule has 0 aromatic carbocycles. The Morgan fingerprint density at radius 3 is 2.84 bits per heavy atom. The van der Waals surface area contributed by atoms with E-state index in [2.05, 4.69) is 17.2 Å². The van der Waals surface area contributed by atoms with Gasteiger partial charge in [0.05, 0.1) is 22.2 Å². The van der Waals surface area contributed by atoms with Crippen molar-refractivity contribution in [1.82, 2.24) is 10.3 Å². The molecule has 0 radical (unpaired) electrons. The predicted octanol–water partition coefficient (Wildman–Crippen LogP) is 2.97. The Hall–Kier alpha value is -0.290. The zero-order valence-corrected chi connectivity index (χ0v) is 12.8. The maximum atomic E-state index is 9.82. The molecule has 1 atom stereocenters. The van der Waals surface area contributed by atoms with Crippen LogP contribution in [0.15, 0.2) is 23.4 Å². The van der Waals surface area contributed by atoms with Crippen LogP contribution in [0.5, 0.6) is 0 Å². The Labute approximate surface area is 124 Å². The highest BCUT2D eigenvalue weighted by molar-refractivity contribution is 7.99. The lowest BCUT2D eigenvalue weighted by Crippen LogP contribution is -2.53. The second-order valence-electron chi connectivity index (χ2n) is 5.12. The fraction of sp³-hybridized carbons (Fsp3) is 0.643. The van der Waals surface area contributed by atoms with Crippen molar-refractivity contribution in [3.8, 4) is 0 Å². The minimum absolute atomic E-state index is 0.151. The summed E-state index contributed by atoms with van der Waals surface area (Å²) in [6.07, 6.45) is 5.18. The van der Waals surface area contributed by atoms with Crippen LogP contribution in [0.4, 0.5) is 0 Å². The summed E-state index contributed by atoms with van der Waals surface area (Å²) in [5, 5.41) is 15.0. The molecule has 1 aromatic rings. The van der Waals surface area contributed by atoms with E-state index in [9.17, 15) is 5.11 Å². The van der Waals surface area contributed by atoms with Crippen LogP contribution in [0.3, 0.4) is 0 Å². The summed E-state index contributed by atoms with van der Waals surface area (Å²) >= 11 is 7.52. The predicted molar refractivity (Wildman–Crippen MR) is 80.8 cm³/mol. The van der Waals surface area contributed by atoms with Gasteiger partial charge in [-0.3, -0.25) is 0 Å². The summed E-state index contributed by atoms with van der Waals surface area (Å²) in [7, 11) is 0. The SMILES string of the molecule is CCCNC(CO)(CSc1ccc(Cl)cn1)C1CC1. The number of thioether (sulfide) groups is 1. The highest BCUT2D eigenvalue weighted by Crippen LogP contribution is 2.42. The molecular formula is C14H21ClN2OS. The van der Waals surface area contributed by atoms with E-state index in [1.165, 1.54) is 12.8 Å². The summed E-state index contributed by atoms with van der Waals surface area (Å²) in [6.45, 7) is 3.29. The second-order valence-corrected chi connectivity index (χ2v) is 6.55. The molecule has 1 aliphatic rings. The average molecular weight is 301 g/mol. The number of nitrogens with zero attached hydrogens (tertiary/aromatic N) is 1. The number of rotatable bonds is 8. The van der Waals surface area contributed by atoms with Crippen molar-refractivity contribution >= 4 is 23.4 Å². The molecule has 0 bridgehead atoms. The van der Waals surface area contributed by atoms with Crippen LogP contribution in [0.1, 0.15) is 26.2 Å². The van der Waals surface area contributed by atoms with Crippen LogP contribution < -0.4 is 5.32 Å². The Kier molecular flexibility index (Phi) is 5.51. The van der Waals surface area contributed by atoms with Crippen molar-refractivity contribution in [2.24, 2.45) is 5.92 Å². The molecule has 1 fully saturated rings. The lowest BCUT2D eigenvalue weighted by atomic mass is 9.96. The molecule has 2 N–H and O–H groups in total. The van der Waals surface area contributed by atoms with Crippen molar-refractivity contribution in [2.45, 2.75) is 36.8 Å². The third-order valence-corrected chi connectivity index (χ3v) is 4.97. The van der Waals surface area contributed by atoms with E-state index in [1.54, 1.807) is 18.0 Å². The summed E-state index contributed by atoms with van der Waals surface area (Å²) in [5.74, 6) is 1.45. The molecule has 1 unspecified atom stereocenters. The van der Waals surface area contributed by atoms with Crippen LogP contribution in [-0.4, -0.2) is 34.5 Å². The number of halogens is 1. The van der Waals surface area contributed by atoms with Gasteiger partial charge in [-0.05, 0) is 43.9 Å². The normalized spacial score (nSPS) is 18.3. The summed E-state index contributed by atoms with van der Waals surface area (Å²) in [6, 6.07) is 3.79. The van der Waals surface area contributed by atoms with E-state index < -0.39 is 0 Å². The molecule has 3 nitrogen and oxygen atoms in total. The minimum Gasteiger partial charge on any atom is -0.394 e. The fourth-order valence-electron chi connectivity index (χ4n) is 2.20. The molecule has 5 heteroatoms. The Balaban J connectivity index is 1.97. The van der Waals surface area contributed by atoms with Gasteiger partial charge in [0, 0.05) is 11.9 Å². The van der Waals surface area contributed by atoms with Gasteiger partial charge in [-0.15, -0.1) is 11.8 Å². The van der Waals surface area contributed by atoms with E-state index in [4.69, 9.17) is 11.6 Å². The lowest BCUT2D eigenvalue weighted by molar-refractivity contribution is 0.159. The van der Waals surface area contributed by atoms with E-state index in [-0.39, 0.29) is 12.1 Å². The molecular weight excluding hydrogens is 280 g/mol. The number of aromatic nitrogens is 1. The minimum atomic E-state index is -0.151. The zero-order valence-electron chi connectivity index (χ0n) is 11.2. The number of pyridine rings is 1. The number of aliphatic hydroxyl groups is 1. The highest BCUT2D eigenvalue weighted by atomic mass is 35.5. The van der Waals surface area contributed by atoms with Crippen LogP contribution in [0, 0.1) is 5.92 Å². The molecule has 1 heterocycles. The number of aliphatic hydroxyl groups excluding tert-OH is 1. The molecule has 1 saturated carbocycles. The molecule has 106 valence electrons. The first kappa shape index (κ1) is 15.1. The van der Waals surface area contributed by atoms with Crippen molar-refractivity contribution in [2.75, 3.05) is 18.9 Å². The molecule has 0 amide bonds. The van der Waals surface area contributed by atoms with Gasteiger partial charge in [0.1, 0.15) is 0 Å². The van der Waals surface area contributed by atoms with Crippen LogP contribution in [0.2, 0.25) is 5.02 Å². The van der Waals surface area contributed by atoms with Crippen molar-refractivity contribution < 1.29 is 5.11 Å². The summed E-state index contributed by atoms with van der Waals surface area (Å²) < 4.78 is 0. The molecule has 19 heavy (non-hydrogen) atoms. The van der Waals surface area contributed by atoms with Gasteiger partial charge < -0.3 is 10.4 Å². The Bertz CT molecular complexity index is 397. The number of hydrogen-bond donors (Lipinski definition) is 2. The molecule has 0 spiro atoms. The van der Waals surface area contributed by atoms with Gasteiger partial charge in [0.15, 0.2) is 0 Å². The first-order valence-electron chi connectivity index (χ1n) is 6.80. The summed E-state index contributed by atoms with van der Waals surface area (Å²) in [4.78, 5) is 4.30. The van der Waals surface area contributed by atoms with Crippen molar-refractivity contribution in [3.63, 3.8) is 0 Å². The maximum Gasteiger partial charge on any atom is 0.0961 e.